The van der Waals surface area contributed by atoms with Crippen LogP contribution in [0.2, 0.25) is 0 Å². The molecular weight excluding hydrogens is 435 g/mol. The zero-order chi connectivity index (χ0) is 23.3. The van der Waals surface area contributed by atoms with Crippen LogP contribution in [0.5, 0.6) is 0 Å². The number of Topliss-reactive ketones (excluding diaryl/α,β-unsaturated/α-hetero) is 1. The Balaban J connectivity index is 1.37. The predicted molar refractivity (Wildman–Crippen MR) is 113 cm³/mol. The second kappa shape index (κ2) is 7.86. The number of nitrogens with zero attached hydrogens (tertiary/aromatic N) is 3. The Morgan fingerprint density at radius 2 is 1.76 bits per heavy atom. The van der Waals surface area contributed by atoms with Gasteiger partial charge in [0.05, 0.1) is 11.4 Å². The molecular formula is C23H22F3N5O2. The first-order valence-corrected chi connectivity index (χ1v) is 10.8. The molecule has 172 valence electrons. The number of hydrogen-bond donors (Lipinski definition) is 2. The molecule has 3 aromatic rings. The number of anilines is 1. The second-order valence-electron chi connectivity index (χ2n) is 8.90. The van der Waals surface area contributed by atoms with Gasteiger partial charge in [-0.05, 0) is 42.7 Å². The van der Waals surface area contributed by atoms with Crippen molar-refractivity contribution < 1.29 is 22.8 Å². The van der Waals surface area contributed by atoms with Crippen molar-refractivity contribution in [3.63, 3.8) is 0 Å². The normalized spacial score (nSPS) is 24.2. The number of hydrogen-bond acceptors (Lipinski definition) is 4. The molecule has 1 aromatic carbocycles. The molecule has 33 heavy (non-hydrogen) atoms. The second-order valence-corrected chi connectivity index (χ2v) is 8.90. The number of nitrogens with one attached hydrogen (secondary N) is 2. The summed E-state index contributed by atoms with van der Waals surface area (Å²) in [5.74, 6) is -1.22. The van der Waals surface area contributed by atoms with Crippen molar-refractivity contribution in [2.24, 2.45) is 30.7 Å². The van der Waals surface area contributed by atoms with Crippen LogP contribution >= 0.6 is 0 Å². The monoisotopic (exact) mass is 457 g/mol. The van der Waals surface area contributed by atoms with Crippen LogP contribution in [0.25, 0.3) is 11.3 Å². The van der Waals surface area contributed by atoms with Crippen molar-refractivity contribution in [2.75, 3.05) is 5.32 Å². The number of aryl methyl sites for hydroxylation is 1. The third-order valence-corrected chi connectivity index (χ3v) is 6.68. The van der Waals surface area contributed by atoms with Gasteiger partial charge in [-0.15, -0.1) is 0 Å². The highest BCUT2D eigenvalue weighted by Crippen LogP contribution is 2.54. The number of ketones is 1. The van der Waals surface area contributed by atoms with Crippen molar-refractivity contribution in [3.05, 3.63) is 54.0 Å². The number of aromatic nitrogens is 4. The summed E-state index contributed by atoms with van der Waals surface area (Å²) in [6, 6.07) is 8.87. The highest BCUT2D eigenvalue weighted by Gasteiger charge is 2.51. The number of aromatic amines is 1. The van der Waals surface area contributed by atoms with Gasteiger partial charge in [-0.1, -0.05) is 24.3 Å². The van der Waals surface area contributed by atoms with E-state index in [0.717, 1.165) is 28.6 Å². The van der Waals surface area contributed by atoms with E-state index in [2.05, 4.69) is 20.6 Å². The molecule has 0 aliphatic heterocycles. The molecule has 2 N–H and O–H groups in total. The molecule has 2 fully saturated rings. The molecule has 2 saturated carbocycles. The van der Waals surface area contributed by atoms with Crippen molar-refractivity contribution >= 4 is 17.4 Å². The Morgan fingerprint density at radius 3 is 2.39 bits per heavy atom. The first-order chi connectivity index (χ1) is 15.7. The highest BCUT2D eigenvalue weighted by molar-refractivity contribution is 6.03. The molecule has 1 amide bonds. The Hall–Kier alpha value is -3.43. The lowest BCUT2D eigenvalue weighted by Gasteiger charge is -2.29. The maximum atomic E-state index is 13.4. The Kier molecular flexibility index (Phi) is 5.10. The molecule has 10 heteroatoms. The number of benzene rings is 1. The van der Waals surface area contributed by atoms with Gasteiger partial charge in [0.1, 0.15) is 0 Å². The van der Waals surface area contributed by atoms with E-state index in [4.69, 9.17) is 0 Å². The number of halogens is 3. The summed E-state index contributed by atoms with van der Waals surface area (Å²) in [5, 5.41) is 12.6. The van der Waals surface area contributed by atoms with Gasteiger partial charge in [-0.2, -0.15) is 23.4 Å². The zero-order valence-electron chi connectivity index (χ0n) is 17.8. The van der Waals surface area contributed by atoms with Gasteiger partial charge in [-0.25, -0.2) is 0 Å². The molecule has 2 aliphatic carbocycles. The van der Waals surface area contributed by atoms with Gasteiger partial charge >= 0.3 is 6.18 Å². The molecule has 0 bridgehead atoms. The Labute approximate surface area is 187 Å². The molecule has 0 unspecified atom stereocenters. The van der Waals surface area contributed by atoms with Gasteiger partial charge < -0.3 is 5.32 Å². The number of carbonyl (C=O) groups is 2. The van der Waals surface area contributed by atoms with Gasteiger partial charge in [0.25, 0.3) is 0 Å². The number of carbonyl (C=O) groups excluding carboxylic acids is 2. The van der Waals surface area contributed by atoms with Gasteiger partial charge in [0.15, 0.2) is 11.5 Å². The minimum atomic E-state index is -4.69. The van der Waals surface area contributed by atoms with Crippen LogP contribution in [0, 0.1) is 23.7 Å². The summed E-state index contributed by atoms with van der Waals surface area (Å²) in [5.41, 5.74) is 0.651. The lowest BCUT2D eigenvalue weighted by molar-refractivity contribution is -0.140. The predicted octanol–water partition coefficient (Wildman–Crippen LogP) is 4.31. The van der Waals surface area contributed by atoms with E-state index < -0.39 is 29.6 Å². The smallest absolute Gasteiger partial charge is 0.323 e. The van der Waals surface area contributed by atoms with E-state index in [0.29, 0.717) is 30.2 Å². The van der Waals surface area contributed by atoms with Crippen LogP contribution in [-0.4, -0.2) is 31.7 Å². The van der Waals surface area contributed by atoms with Crippen molar-refractivity contribution in [2.45, 2.75) is 25.4 Å². The molecule has 0 radical (unpaired) electrons. The van der Waals surface area contributed by atoms with Crippen LogP contribution in [0.4, 0.5) is 18.9 Å². The van der Waals surface area contributed by atoms with Crippen LogP contribution in [0.1, 0.15) is 35.3 Å². The van der Waals surface area contributed by atoms with E-state index in [1.54, 1.807) is 18.3 Å². The highest BCUT2D eigenvalue weighted by atomic mass is 19.4. The molecule has 0 spiro atoms. The van der Waals surface area contributed by atoms with E-state index in [-0.39, 0.29) is 11.5 Å². The summed E-state index contributed by atoms with van der Waals surface area (Å²) in [6.45, 7) is 0. The summed E-state index contributed by atoms with van der Waals surface area (Å²) in [4.78, 5) is 26.5. The van der Waals surface area contributed by atoms with Crippen LogP contribution < -0.4 is 5.32 Å². The van der Waals surface area contributed by atoms with Crippen molar-refractivity contribution in [1.82, 2.24) is 20.0 Å². The fraction of sp³-hybridized carbons (Fsp3) is 0.391. The Bertz CT molecular complexity index is 1180. The Morgan fingerprint density at radius 1 is 1.06 bits per heavy atom. The third-order valence-electron chi connectivity index (χ3n) is 6.68. The molecule has 2 heterocycles. The van der Waals surface area contributed by atoms with Crippen LogP contribution in [0.3, 0.4) is 0 Å². The number of H-pyrrole nitrogens is 1. The SMILES string of the molecule is Cn1cc(NC(=O)[C@@H]2C[C@@H]3C[C@@H]3C[C@H]2C(=O)c2ccc(-c3ccn[nH]3)cc2)c(C(F)(F)F)n1. The molecule has 4 atom stereocenters. The van der Waals surface area contributed by atoms with Gasteiger partial charge in [0.2, 0.25) is 5.91 Å². The first kappa shape index (κ1) is 21.4. The third kappa shape index (κ3) is 4.17. The van der Waals surface area contributed by atoms with Crippen LogP contribution in [-0.2, 0) is 18.0 Å². The van der Waals surface area contributed by atoms with E-state index in [1.165, 1.54) is 7.05 Å². The number of rotatable bonds is 5. The molecule has 7 nitrogen and oxygen atoms in total. The molecule has 2 aromatic heterocycles. The summed E-state index contributed by atoms with van der Waals surface area (Å²) >= 11 is 0. The average Bonchev–Trinajstić information content (AvgIpc) is 3.14. The maximum Gasteiger partial charge on any atom is 0.437 e. The number of fused-ring (bicyclic) bond motifs is 1. The molecule has 5 rings (SSSR count). The van der Waals surface area contributed by atoms with Crippen LogP contribution in [0.15, 0.2) is 42.7 Å². The fourth-order valence-corrected chi connectivity index (χ4v) is 4.91. The van der Waals surface area contributed by atoms with Crippen molar-refractivity contribution in [1.29, 1.82) is 0 Å². The lowest BCUT2D eigenvalue weighted by atomic mass is 9.75. The minimum absolute atomic E-state index is 0.154. The summed E-state index contributed by atoms with van der Waals surface area (Å²) in [6.07, 6.45) is 0.104. The zero-order valence-corrected chi connectivity index (χ0v) is 17.8. The average molecular weight is 457 g/mol. The maximum absolute atomic E-state index is 13.4. The molecule has 0 saturated heterocycles. The lowest BCUT2D eigenvalue weighted by Crippen LogP contribution is -2.37. The van der Waals surface area contributed by atoms with E-state index in [1.807, 2.05) is 18.2 Å². The largest absolute Gasteiger partial charge is 0.437 e. The minimum Gasteiger partial charge on any atom is -0.323 e. The number of alkyl halides is 3. The van der Waals surface area contributed by atoms with E-state index in [9.17, 15) is 22.8 Å². The van der Waals surface area contributed by atoms with Crippen molar-refractivity contribution in [3.8, 4) is 11.3 Å². The quantitative estimate of drug-likeness (QED) is 0.559. The topological polar surface area (TPSA) is 92.7 Å². The van der Waals surface area contributed by atoms with E-state index >= 15 is 0 Å². The fourth-order valence-electron chi connectivity index (χ4n) is 4.91. The summed E-state index contributed by atoms with van der Waals surface area (Å²) < 4.78 is 40.9. The number of amides is 1. The van der Waals surface area contributed by atoms with Gasteiger partial charge in [-0.3, -0.25) is 19.4 Å². The standard InChI is InChI=1S/C23H22F3N5O2/c1-31-11-19(21(30-31)23(24,25)26)28-22(33)17-10-15-8-14(15)9-16(17)20(32)13-4-2-12(3-5-13)18-6-7-27-29-18/h2-7,11,14-17H,8-10H2,1H3,(H,27,29)(H,28,33)/t14-,15+,16-,17-/m1/s1. The first-order valence-electron chi connectivity index (χ1n) is 10.8. The summed E-state index contributed by atoms with van der Waals surface area (Å²) in [7, 11) is 1.36. The van der Waals surface area contributed by atoms with Gasteiger partial charge in [0, 0.05) is 36.8 Å². The molecule has 2 aliphatic rings.